The number of nitrogens with zero attached hydrogens (tertiary/aromatic N) is 3. The van der Waals surface area contributed by atoms with Crippen LogP contribution < -0.4 is 19.1 Å². The lowest BCUT2D eigenvalue weighted by atomic mass is 10.00. The number of anilines is 1. The number of hydrogen-bond donors (Lipinski definition) is 0. The molecule has 1 aliphatic rings. The van der Waals surface area contributed by atoms with Crippen molar-refractivity contribution in [1.82, 2.24) is 9.88 Å². The normalized spacial score (nSPS) is 14.4. The van der Waals surface area contributed by atoms with Gasteiger partial charge in [-0.05, 0) is 49.2 Å². The molecule has 2 heterocycles. The fourth-order valence-corrected chi connectivity index (χ4v) is 4.48. The number of likely N-dealkylation sites (tertiary alicyclic amines) is 1. The molecule has 1 aliphatic heterocycles. The SMILES string of the molecule is COc1ccc(N(C(=O)c2ccccc2OC)C2CCN(Cc3ccccn3)CC2)cc1OC. The van der Waals surface area contributed by atoms with Crippen LogP contribution in [0.1, 0.15) is 28.9 Å². The smallest absolute Gasteiger partial charge is 0.262 e. The highest BCUT2D eigenvalue weighted by Crippen LogP contribution is 2.35. The number of carbonyl (C=O) groups is 1. The molecule has 1 amide bonds. The summed E-state index contributed by atoms with van der Waals surface area (Å²) < 4.78 is 16.4. The van der Waals surface area contributed by atoms with Gasteiger partial charge in [-0.3, -0.25) is 14.7 Å². The molecule has 7 heteroatoms. The van der Waals surface area contributed by atoms with Crippen LogP contribution in [0.25, 0.3) is 0 Å². The highest BCUT2D eigenvalue weighted by molar-refractivity contribution is 6.08. The molecule has 7 nitrogen and oxygen atoms in total. The Bertz CT molecular complexity index is 1100. The minimum atomic E-state index is -0.0900. The number of rotatable bonds is 8. The first kappa shape index (κ1) is 23.6. The molecule has 3 aromatic rings. The predicted octanol–water partition coefficient (Wildman–Crippen LogP) is 4.42. The van der Waals surface area contributed by atoms with E-state index in [1.165, 1.54) is 0 Å². The maximum Gasteiger partial charge on any atom is 0.262 e. The zero-order valence-electron chi connectivity index (χ0n) is 19.9. The first-order valence-electron chi connectivity index (χ1n) is 11.5. The average Bonchev–Trinajstić information content (AvgIpc) is 2.90. The lowest BCUT2D eigenvalue weighted by Crippen LogP contribution is -2.47. The number of pyridine rings is 1. The van der Waals surface area contributed by atoms with Crippen molar-refractivity contribution in [3.8, 4) is 17.2 Å². The van der Waals surface area contributed by atoms with Gasteiger partial charge in [0.05, 0.1) is 32.6 Å². The van der Waals surface area contributed by atoms with E-state index in [9.17, 15) is 4.79 Å². The summed E-state index contributed by atoms with van der Waals surface area (Å²) in [6.45, 7) is 2.57. The number of aromatic nitrogens is 1. The Labute approximate surface area is 200 Å². The van der Waals surface area contributed by atoms with Gasteiger partial charge < -0.3 is 19.1 Å². The summed E-state index contributed by atoms with van der Waals surface area (Å²) in [5.74, 6) is 1.69. The van der Waals surface area contributed by atoms with Gasteiger partial charge >= 0.3 is 0 Å². The number of amides is 1. The number of hydrogen-bond acceptors (Lipinski definition) is 6. The zero-order valence-corrected chi connectivity index (χ0v) is 19.9. The molecule has 0 bridgehead atoms. The Balaban J connectivity index is 1.61. The number of para-hydroxylation sites is 1. The highest BCUT2D eigenvalue weighted by Gasteiger charge is 2.31. The number of methoxy groups -OCH3 is 3. The van der Waals surface area contributed by atoms with Gasteiger partial charge in [0.2, 0.25) is 0 Å². The fourth-order valence-electron chi connectivity index (χ4n) is 4.48. The zero-order chi connectivity index (χ0) is 23.9. The van der Waals surface area contributed by atoms with Gasteiger partial charge in [-0.1, -0.05) is 18.2 Å². The Morgan fingerprint density at radius 3 is 2.29 bits per heavy atom. The molecule has 1 saturated heterocycles. The van der Waals surface area contributed by atoms with Crippen molar-refractivity contribution in [2.24, 2.45) is 0 Å². The third-order valence-electron chi connectivity index (χ3n) is 6.24. The summed E-state index contributed by atoms with van der Waals surface area (Å²) >= 11 is 0. The van der Waals surface area contributed by atoms with E-state index in [2.05, 4.69) is 9.88 Å². The van der Waals surface area contributed by atoms with Gasteiger partial charge in [0, 0.05) is 43.6 Å². The summed E-state index contributed by atoms with van der Waals surface area (Å²) in [5, 5.41) is 0. The first-order valence-corrected chi connectivity index (χ1v) is 11.5. The quantitative estimate of drug-likeness (QED) is 0.495. The van der Waals surface area contributed by atoms with Crippen molar-refractivity contribution in [3.05, 3.63) is 78.1 Å². The summed E-state index contributed by atoms with van der Waals surface area (Å²) in [6, 6.07) is 19.0. The number of ether oxygens (including phenoxy) is 3. The van der Waals surface area contributed by atoms with E-state index in [-0.39, 0.29) is 11.9 Å². The molecule has 1 aromatic heterocycles. The van der Waals surface area contributed by atoms with Crippen LogP contribution in [0.15, 0.2) is 66.9 Å². The molecular weight excluding hydrogens is 430 g/mol. The molecule has 178 valence electrons. The van der Waals surface area contributed by atoms with Gasteiger partial charge in [0.15, 0.2) is 11.5 Å². The van der Waals surface area contributed by atoms with Crippen LogP contribution in [-0.4, -0.2) is 56.3 Å². The van der Waals surface area contributed by atoms with Gasteiger partial charge in [0.25, 0.3) is 5.91 Å². The van der Waals surface area contributed by atoms with Crippen LogP contribution >= 0.6 is 0 Å². The minimum absolute atomic E-state index is 0.0375. The van der Waals surface area contributed by atoms with Gasteiger partial charge in [0.1, 0.15) is 5.75 Å². The molecule has 0 spiro atoms. The largest absolute Gasteiger partial charge is 0.496 e. The maximum atomic E-state index is 13.9. The van der Waals surface area contributed by atoms with Crippen LogP contribution in [-0.2, 0) is 6.54 Å². The topological polar surface area (TPSA) is 64.1 Å². The van der Waals surface area contributed by atoms with Crippen molar-refractivity contribution in [3.63, 3.8) is 0 Å². The molecule has 34 heavy (non-hydrogen) atoms. The van der Waals surface area contributed by atoms with Crippen molar-refractivity contribution >= 4 is 11.6 Å². The standard InChI is InChI=1S/C27H31N3O4/c1-32-24-10-5-4-9-23(24)27(31)30(22-11-12-25(33-2)26(18-22)34-3)21-13-16-29(17-14-21)19-20-8-6-7-15-28-20/h4-12,15,18,21H,13-14,16-17,19H2,1-3H3. The minimum Gasteiger partial charge on any atom is -0.496 e. The summed E-state index contributed by atoms with van der Waals surface area (Å²) in [6.07, 6.45) is 3.52. The summed E-state index contributed by atoms with van der Waals surface area (Å²) in [7, 11) is 4.79. The van der Waals surface area contributed by atoms with Crippen molar-refractivity contribution in [1.29, 1.82) is 0 Å². The lowest BCUT2D eigenvalue weighted by Gasteiger charge is -2.38. The van der Waals surface area contributed by atoms with Crippen LogP contribution in [0.5, 0.6) is 17.2 Å². The molecule has 4 rings (SSSR count). The number of carbonyl (C=O) groups excluding carboxylic acids is 1. The number of benzene rings is 2. The van der Waals surface area contributed by atoms with Crippen molar-refractivity contribution in [2.75, 3.05) is 39.3 Å². The Hall–Kier alpha value is -3.58. The summed E-state index contributed by atoms with van der Waals surface area (Å²) in [5.41, 5.74) is 2.37. The van der Waals surface area contributed by atoms with E-state index >= 15 is 0 Å². The Morgan fingerprint density at radius 2 is 1.62 bits per heavy atom. The van der Waals surface area contributed by atoms with E-state index in [1.54, 1.807) is 21.3 Å². The fraction of sp³-hybridized carbons (Fsp3) is 0.333. The Morgan fingerprint density at radius 1 is 0.912 bits per heavy atom. The van der Waals surface area contributed by atoms with Crippen LogP contribution in [0.2, 0.25) is 0 Å². The van der Waals surface area contributed by atoms with E-state index in [4.69, 9.17) is 14.2 Å². The molecule has 0 saturated carbocycles. The number of piperidine rings is 1. The summed E-state index contributed by atoms with van der Waals surface area (Å²) in [4.78, 5) is 22.6. The third-order valence-corrected chi connectivity index (χ3v) is 6.24. The first-order chi connectivity index (χ1) is 16.6. The van der Waals surface area contributed by atoms with Crippen LogP contribution in [0.3, 0.4) is 0 Å². The molecule has 0 radical (unpaired) electrons. The van der Waals surface area contributed by atoms with Crippen LogP contribution in [0.4, 0.5) is 5.69 Å². The second-order valence-electron chi connectivity index (χ2n) is 8.24. The van der Waals surface area contributed by atoms with Gasteiger partial charge in [-0.25, -0.2) is 0 Å². The molecular formula is C27H31N3O4. The van der Waals surface area contributed by atoms with Crippen molar-refractivity contribution in [2.45, 2.75) is 25.4 Å². The monoisotopic (exact) mass is 461 g/mol. The van der Waals surface area contributed by atoms with E-state index in [0.717, 1.165) is 43.9 Å². The van der Waals surface area contributed by atoms with E-state index in [1.807, 2.05) is 71.8 Å². The molecule has 0 N–H and O–H groups in total. The van der Waals surface area contributed by atoms with Crippen LogP contribution in [0, 0.1) is 0 Å². The molecule has 0 atom stereocenters. The lowest BCUT2D eigenvalue weighted by molar-refractivity contribution is 0.0955. The molecule has 1 fully saturated rings. The predicted molar refractivity (Wildman–Crippen MR) is 132 cm³/mol. The highest BCUT2D eigenvalue weighted by atomic mass is 16.5. The molecule has 0 aliphatic carbocycles. The average molecular weight is 462 g/mol. The second kappa shape index (κ2) is 11.0. The van der Waals surface area contributed by atoms with Gasteiger partial charge in [-0.2, -0.15) is 0 Å². The van der Waals surface area contributed by atoms with E-state index < -0.39 is 0 Å². The van der Waals surface area contributed by atoms with Crippen molar-refractivity contribution < 1.29 is 19.0 Å². The molecule has 2 aromatic carbocycles. The van der Waals surface area contributed by atoms with Gasteiger partial charge in [-0.15, -0.1) is 0 Å². The maximum absolute atomic E-state index is 13.9. The van der Waals surface area contributed by atoms with E-state index in [0.29, 0.717) is 22.8 Å². The Kier molecular flexibility index (Phi) is 7.65. The third kappa shape index (κ3) is 5.15. The molecule has 0 unspecified atom stereocenters. The second-order valence-corrected chi connectivity index (χ2v) is 8.24.